The lowest BCUT2D eigenvalue weighted by molar-refractivity contribution is -0.149. The smallest absolute Gasteiger partial charge is 0.411 e. The Kier molecular flexibility index (Phi) is 5.72. The van der Waals surface area contributed by atoms with Gasteiger partial charge in [0.25, 0.3) is 0 Å². The van der Waals surface area contributed by atoms with E-state index in [1.165, 1.54) is 4.90 Å². The average Bonchev–Trinajstić information content (AvgIpc) is 2.87. The van der Waals surface area contributed by atoms with E-state index in [4.69, 9.17) is 9.47 Å². The van der Waals surface area contributed by atoms with E-state index < -0.39 is 23.2 Å². The van der Waals surface area contributed by atoms with Gasteiger partial charge in [-0.2, -0.15) is 0 Å². The fourth-order valence-corrected chi connectivity index (χ4v) is 3.38. The number of amides is 1. The Morgan fingerprint density at radius 3 is 2.44 bits per heavy atom. The zero-order valence-electron chi connectivity index (χ0n) is 15.3. The molecule has 1 aliphatic heterocycles. The second-order valence-corrected chi connectivity index (χ2v) is 7.62. The van der Waals surface area contributed by atoms with Gasteiger partial charge >= 0.3 is 12.1 Å². The number of carbonyl (C=O) groups excluding carboxylic acids is 1. The topological polar surface area (TPSA) is 76.1 Å². The quantitative estimate of drug-likeness (QED) is 0.884. The van der Waals surface area contributed by atoms with Crippen LogP contribution in [0, 0.1) is 5.92 Å². The van der Waals surface area contributed by atoms with E-state index >= 15 is 0 Å². The van der Waals surface area contributed by atoms with E-state index in [9.17, 15) is 14.7 Å². The first-order valence-corrected chi connectivity index (χ1v) is 8.45. The van der Waals surface area contributed by atoms with Crippen LogP contribution in [-0.4, -0.2) is 53.5 Å². The van der Waals surface area contributed by atoms with Crippen LogP contribution in [0.25, 0.3) is 0 Å². The van der Waals surface area contributed by atoms with Crippen LogP contribution in [0.5, 0.6) is 0 Å². The second-order valence-electron chi connectivity index (χ2n) is 7.62. The van der Waals surface area contributed by atoms with Gasteiger partial charge in [-0.25, -0.2) is 9.59 Å². The van der Waals surface area contributed by atoms with Gasteiger partial charge in [-0.15, -0.1) is 0 Å². The number of hydrogen-bond acceptors (Lipinski definition) is 4. The monoisotopic (exact) mass is 349 g/mol. The highest BCUT2D eigenvalue weighted by molar-refractivity contribution is 5.85. The van der Waals surface area contributed by atoms with Crippen LogP contribution in [0.3, 0.4) is 0 Å². The first-order valence-electron chi connectivity index (χ1n) is 8.45. The standard InChI is InChI=1S/C19H27NO5/c1-18(2,3)25-17(23)20-12-15(13-24-4)11-19(20,16(21)22)10-14-8-6-5-7-9-14/h5-9,15H,10-13H2,1-4H3,(H,21,22)/t15-,19+/m0/s1. The SMILES string of the molecule is COC[C@@H]1CN(C(=O)OC(C)(C)C)[C@@](Cc2ccccc2)(C(=O)O)C1. The van der Waals surface area contributed by atoms with E-state index in [0.29, 0.717) is 19.6 Å². The van der Waals surface area contributed by atoms with Gasteiger partial charge in [0.2, 0.25) is 0 Å². The Balaban J connectivity index is 2.37. The number of ether oxygens (including phenoxy) is 2. The third-order valence-corrected chi connectivity index (χ3v) is 4.34. The van der Waals surface area contributed by atoms with Crippen molar-refractivity contribution in [3.05, 3.63) is 35.9 Å². The molecule has 1 aromatic carbocycles. The lowest BCUT2D eigenvalue weighted by Crippen LogP contribution is -2.55. The Morgan fingerprint density at radius 1 is 1.28 bits per heavy atom. The molecule has 0 spiro atoms. The van der Waals surface area contributed by atoms with Crippen molar-refractivity contribution in [1.29, 1.82) is 0 Å². The molecular formula is C19H27NO5. The Hall–Kier alpha value is -2.08. The van der Waals surface area contributed by atoms with Crippen molar-refractivity contribution >= 4 is 12.1 Å². The zero-order chi connectivity index (χ0) is 18.7. The number of hydrogen-bond donors (Lipinski definition) is 1. The molecule has 0 unspecified atom stereocenters. The molecule has 0 bridgehead atoms. The molecule has 1 fully saturated rings. The molecule has 1 aromatic rings. The summed E-state index contributed by atoms with van der Waals surface area (Å²) in [6.07, 6.45) is -0.0168. The van der Waals surface area contributed by atoms with Gasteiger partial charge in [0.05, 0.1) is 6.61 Å². The van der Waals surface area contributed by atoms with Gasteiger partial charge in [-0.1, -0.05) is 30.3 Å². The number of methoxy groups -OCH3 is 1. The largest absolute Gasteiger partial charge is 0.479 e. The minimum Gasteiger partial charge on any atom is -0.479 e. The summed E-state index contributed by atoms with van der Waals surface area (Å²) in [6.45, 7) is 6.03. The van der Waals surface area contributed by atoms with Gasteiger partial charge < -0.3 is 14.6 Å². The Labute approximate surface area is 148 Å². The highest BCUT2D eigenvalue weighted by atomic mass is 16.6. The molecule has 0 saturated carbocycles. The maximum atomic E-state index is 12.7. The van der Waals surface area contributed by atoms with Crippen LogP contribution in [0.15, 0.2) is 30.3 Å². The summed E-state index contributed by atoms with van der Waals surface area (Å²) in [4.78, 5) is 26.4. The van der Waals surface area contributed by atoms with Crippen LogP contribution in [0.2, 0.25) is 0 Å². The minimum atomic E-state index is -1.33. The average molecular weight is 349 g/mol. The van der Waals surface area contributed by atoms with Gasteiger partial charge in [0.1, 0.15) is 11.1 Å². The van der Waals surface area contributed by atoms with Crippen LogP contribution in [-0.2, 0) is 20.7 Å². The maximum absolute atomic E-state index is 12.7. The molecule has 2 atom stereocenters. The molecule has 1 heterocycles. The van der Waals surface area contributed by atoms with Gasteiger partial charge in [-0.05, 0) is 32.8 Å². The molecule has 1 saturated heterocycles. The van der Waals surface area contributed by atoms with Gasteiger partial charge in [-0.3, -0.25) is 4.90 Å². The highest BCUT2D eigenvalue weighted by Crippen LogP contribution is 2.38. The normalized spacial score (nSPS) is 23.5. The second kappa shape index (κ2) is 7.44. The summed E-state index contributed by atoms with van der Waals surface area (Å²) < 4.78 is 10.7. The predicted octanol–water partition coefficient (Wildman–Crippen LogP) is 2.96. The molecule has 138 valence electrons. The number of carboxylic acid groups (broad SMARTS) is 1. The number of carbonyl (C=O) groups is 2. The summed E-state index contributed by atoms with van der Waals surface area (Å²) in [7, 11) is 1.58. The molecule has 0 aromatic heterocycles. The summed E-state index contributed by atoms with van der Waals surface area (Å²) in [6, 6.07) is 9.36. The van der Waals surface area contributed by atoms with Crippen molar-refractivity contribution in [2.75, 3.05) is 20.3 Å². The lowest BCUT2D eigenvalue weighted by Gasteiger charge is -2.36. The van der Waals surface area contributed by atoms with E-state index in [1.54, 1.807) is 27.9 Å². The molecule has 25 heavy (non-hydrogen) atoms. The molecule has 6 heteroatoms. The number of likely N-dealkylation sites (tertiary alicyclic amines) is 1. The number of nitrogens with zero attached hydrogens (tertiary/aromatic N) is 1. The highest BCUT2D eigenvalue weighted by Gasteiger charge is 2.54. The van der Waals surface area contributed by atoms with Crippen molar-refractivity contribution in [3.8, 4) is 0 Å². The summed E-state index contributed by atoms with van der Waals surface area (Å²) in [5.41, 5.74) is -1.14. The fraction of sp³-hybridized carbons (Fsp3) is 0.579. The van der Waals surface area contributed by atoms with Crippen molar-refractivity contribution in [1.82, 2.24) is 4.90 Å². The van der Waals surface area contributed by atoms with Crippen molar-refractivity contribution in [2.45, 2.75) is 44.8 Å². The molecular weight excluding hydrogens is 322 g/mol. The number of aliphatic carboxylic acids is 1. The zero-order valence-corrected chi connectivity index (χ0v) is 15.3. The predicted molar refractivity (Wildman–Crippen MR) is 93.4 cm³/mol. The molecule has 1 aliphatic rings. The molecule has 2 rings (SSSR count). The summed E-state index contributed by atoms with van der Waals surface area (Å²) >= 11 is 0. The molecule has 6 nitrogen and oxygen atoms in total. The van der Waals surface area contributed by atoms with Crippen LogP contribution >= 0.6 is 0 Å². The van der Waals surface area contributed by atoms with E-state index in [2.05, 4.69) is 0 Å². The lowest BCUT2D eigenvalue weighted by atomic mass is 9.86. The maximum Gasteiger partial charge on any atom is 0.411 e. The van der Waals surface area contributed by atoms with Crippen molar-refractivity contribution in [3.63, 3.8) is 0 Å². The molecule has 1 amide bonds. The minimum absolute atomic E-state index is 0.0441. The third-order valence-electron chi connectivity index (χ3n) is 4.34. The van der Waals surface area contributed by atoms with Crippen LogP contribution in [0.4, 0.5) is 4.79 Å². The Morgan fingerprint density at radius 2 is 1.92 bits per heavy atom. The first kappa shape index (κ1) is 19.2. The fourth-order valence-electron chi connectivity index (χ4n) is 3.38. The van der Waals surface area contributed by atoms with Gasteiger partial charge in [0.15, 0.2) is 0 Å². The first-order chi connectivity index (χ1) is 11.7. The molecule has 1 N–H and O–H groups in total. The molecule has 0 aliphatic carbocycles. The van der Waals surface area contributed by atoms with Crippen LogP contribution < -0.4 is 0 Å². The molecule has 0 radical (unpaired) electrons. The summed E-state index contributed by atoms with van der Waals surface area (Å²) in [5, 5.41) is 10.0. The summed E-state index contributed by atoms with van der Waals surface area (Å²) in [5.74, 6) is -1.06. The van der Waals surface area contributed by atoms with E-state index in [1.807, 2.05) is 30.3 Å². The van der Waals surface area contributed by atoms with Crippen molar-refractivity contribution < 1.29 is 24.2 Å². The Bertz CT molecular complexity index is 610. The third kappa shape index (κ3) is 4.51. The van der Waals surface area contributed by atoms with E-state index in [0.717, 1.165) is 5.56 Å². The number of rotatable bonds is 5. The van der Waals surface area contributed by atoms with Crippen molar-refractivity contribution in [2.24, 2.45) is 5.92 Å². The number of benzene rings is 1. The van der Waals surface area contributed by atoms with E-state index in [-0.39, 0.29) is 12.3 Å². The van der Waals surface area contributed by atoms with Crippen LogP contribution in [0.1, 0.15) is 32.8 Å². The number of carboxylic acids is 1. The van der Waals surface area contributed by atoms with Gasteiger partial charge in [0, 0.05) is 26.0 Å².